The smallest absolute Gasteiger partial charge is 0.424 e. The topological polar surface area (TPSA) is 74.5 Å². The Kier molecular flexibility index (Phi) is 5.69. The van der Waals surface area contributed by atoms with Gasteiger partial charge in [0.25, 0.3) is 0 Å². The van der Waals surface area contributed by atoms with Crippen LogP contribution in [0.2, 0.25) is 0 Å². The highest BCUT2D eigenvalue weighted by molar-refractivity contribution is 5.74. The van der Waals surface area contributed by atoms with E-state index in [1.165, 1.54) is 13.0 Å². The molecule has 1 aliphatic carbocycles. The minimum Gasteiger partial charge on any atom is -0.463 e. The van der Waals surface area contributed by atoms with E-state index in [2.05, 4.69) is 10.6 Å². The van der Waals surface area contributed by atoms with Crippen molar-refractivity contribution in [2.24, 2.45) is 5.92 Å². The molecule has 1 aromatic heterocycles. The first-order valence-electron chi connectivity index (χ1n) is 9.16. The van der Waals surface area contributed by atoms with Gasteiger partial charge in [0.15, 0.2) is 0 Å². The Balaban J connectivity index is 1.60. The van der Waals surface area contributed by atoms with Gasteiger partial charge in [-0.3, -0.25) is 0 Å². The van der Waals surface area contributed by atoms with Gasteiger partial charge in [-0.1, -0.05) is 30.3 Å². The van der Waals surface area contributed by atoms with Gasteiger partial charge in [-0.05, 0) is 43.4 Å². The number of hydrogen-bond donors (Lipinski definition) is 3. The van der Waals surface area contributed by atoms with Crippen molar-refractivity contribution in [2.75, 3.05) is 6.54 Å². The molecule has 1 heterocycles. The van der Waals surface area contributed by atoms with Gasteiger partial charge in [0.1, 0.15) is 11.5 Å². The van der Waals surface area contributed by atoms with Crippen LogP contribution in [0.25, 0.3) is 0 Å². The predicted octanol–water partition coefficient (Wildman–Crippen LogP) is 4.18. The molecule has 5 nitrogen and oxygen atoms in total. The zero-order chi connectivity index (χ0) is 20.4. The van der Waals surface area contributed by atoms with Gasteiger partial charge in [0.2, 0.25) is 5.60 Å². The van der Waals surface area contributed by atoms with Crippen LogP contribution in [0, 0.1) is 12.8 Å². The molecule has 3 rings (SSSR count). The van der Waals surface area contributed by atoms with Gasteiger partial charge in [0.05, 0.1) is 6.04 Å². The molecule has 8 heteroatoms. The van der Waals surface area contributed by atoms with E-state index in [9.17, 15) is 23.1 Å². The third-order valence-electron chi connectivity index (χ3n) is 4.93. The minimum absolute atomic E-state index is 0.185. The zero-order valence-corrected chi connectivity index (χ0v) is 15.4. The molecule has 0 spiro atoms. The Labute approximate surface area is 160 Å². The van der Waals surface area contributed by atoms with Crippen LogP contribution >= 0.6 is 0 Å². The number of benzene rings is 1. The average Bonchev–Trinajstić information content (AvgIpc) is 3.39. The van der Waals surface area contributed by atoms with Crippen LogP contribution in [-0.2, 0) is 5.60 Å². The molecular weight excluding hydrogens is 373 g/mol. The molecule has 152 valence electrons. The summed E-state index contributed by atoms with van der Waals surface area (Å²) in [5, 5.41) is 15.5. The summed E-state index contributed by atoms with van der Waals surface area (Å²) in [5.41, 5.74) is -2.21. The largest absolute Gasteiger partial charge is 0.463 e. The van der Waals surface area contributed by atoms with Crippen molar-refractivity contribution in [3.05, 3.63) is 59.5 Å². The number of aryl methyl sites for hydroxylation is 1. The minimum atomic E-state index is -4.93. The number of carbonyl (C=O) groups excluding carboxylic acids is 1. The number of hydrogen-bond acceptors (Lipinski definition) is 3. The first kappa shape index (κ1) is 20.3. The Morgan fingerprint density at radius 1 is 1.21 bits per heavy atom. The van der Waals surface area contributed by atoms with Crippen molar-refractivity contribution in [3.8, 4) is 0 Å². The van der Waals surface area contributed by atoms with Crippen molar-refractivity contribution in [1.29, 1.82) is 0 Å². The van der Waals surface area contributed by atoms with Gasteiger partial charge in [0, 0.05) is 13.0 Å². The number of aliphatic hydroxyl groups is 1. The average molecular weight is 396 g/mol. The molecule has 0 unspecified atom stereocenters. The molecule has 2 amide bonds. The Morgan fingerprint density at radius 2 is 1.89 bits per heavy atom. The lowest BCUT2D eigenvalue weighted by Crippen LogP contribution is -2.46. The van der Waals surface area contributed by atoms with Crippen LogP contribution in [0.1, 0.15) is 42.4 Å². The second-order valence-electron chi connectivity index (χ2n) is 7.14. The number of furan rings is 1. The molecule has 0 radical (unpaired) electrons. The normalized spacial score (nSPS) is 17.6. The summed E-state index contributed by atoms with van der Waals surface area (Å²) in [6, 6.07) is 11.1. The molecule has 2 aromatic rings. The molecule has 28 heavy (non-hydrogen) atoms. The number of urea groups is 1. The van der Waals surface area contributed by atoms with Crippen molar-refractivity contribution in [1.82, 2.24) is 10.6 Å². The standard InChI is InChI=1S/C20H23F3N2O3/c1-13-7-10-16(28-13)19(27,20(21,22)23)11-12-24-18(26)25-17(15-8-9-15)14-5-3-2-4-6-14/h2-7,10,15,17,27H,8-9,11-12H2,1H3,(H2,24,25,26)/t17-,19-/m1/s1. The van der Waals surface area contributed by atoms with Crippen LogP contribution in [0.4, 0.5) is 18.0 Å². The monoisotopic (exact) mass is 396 g/mol. The van der Waals surface area contributed by atoms with Gasteiger partial charge >= 0.3 is 12.2 Å². The second-order valence-corrected chi connectivity index (χ2v) is 7.14. The number of rotatable bonds is 7. The molecule has 1 aliphatic rings. The second kappa shape index (κ2) is 7.87. The van der Waals surface area contributed by atoms with E-state index in [1.807, 2.05) is 30.3 Å². The first-order chi connectivity index (χ1) is 13.2. The van der Waals surface area contributed by atoms with Crippen LogP contribution in [-0.4, -0.2) is 23.9 Å². The molecule has 2 atom stereocenters. The Bertz CT molecular complexity index is 803. The number of nitrogens with one attached hydrogen (secondary N) is 2. The maximum Gasteiger partial charge on any atom is 0.424 e. The van der Waals surface area contributed by atoms with E-state index in [0.717, 1.165) is 24.5 Å². The number of amides is 2. The Morgan fingerprint density at radius 3 is 2.43 bits per heavy atom. The van der Waals surface area contributed by atoms with E-state index in [4.69, 9.17) is 4.42 Å². The molecule has 3 N–H and O–H groups in total. The quantitative estimate of drug-likeness (QED) is 0.657. The highest BCUT2D eigenvalue weighted by atomic mass is 19.4. The summed E-state index contributed by atoms with van der Waals surface area (Å²) >= 11 is 0. The third-order valence-corrected chi connectivity index (χ3v) is 4.93. The fraction of sp³-hybridized carbons (Fsp3) is 0.450. The van der Waals surface area contributed by atoms with Gasteiger partial charge in [-0.25, -0.2) is 4.79 Å². The van der Waals surface area contributed by atoms with E-state index >= 15 is 0 Å². The van der Waals surface area contributed by atoms with Crippen LogP contribution in [0.3, 0.4) is 0 Å². The highest BCUT2D eigenvalue weighted by Crippen LogP contribution is 2.42. The van der Waals surface area contributed by atoms with E-state index in [-0.39, 0.29) is 18.3 Å². The summed E-state index contributed by atoms with van der Waals surface area (Å²) in [6.45, 7) is 1.13. The fourth-order valence-electron chi connectivity index (χ4n) is 3.17. The number of alkyl halides is 3. The lowest BCUT2D eigenvalue weighted by molar-refractivity contribution is -0.274. The molecule has 0 aliphatic heterocycles. The third kappa shape index (κ3) is 4.49. The molecule has 1 saturated carbocycles. The maximum atomic E-state index is 13.4. The number of carbonyl (C=O) groups is 1. The highest BCUT2D eigenvalue weighted by Gasteiger charge is 2.56. The summed E-state index contributed by atoms with van der Waals surface area (Å²) in [7, 11) is 0. The van der Waals surface area contributed by atoms with Gasteiger partial charge < -0.3 is 20.2 Å². The lowest BCUT2D eigenvalue weighted by Gasteiger charge is -2.28. The summed E-state index contributed by atoms with van der Waals surface area (Å²) in [6.07, 6.45) is -3.70. The van der Waals surface area contributed by atoms with E-state index < -0.39 is 30.0 Å². The lowest BCUT2D eigenvalue weighted by atomic mass is 9.96. The van der Waals surface area contributed by atoms with Gasteiger partial charge in [-0.2, -0.15) is 13.2 Å². The van der Waals surface area contributed by atoms with Crippen LogP contribution < -0.4 is 10.6 Å². The van der Waals surface area contributed by atoms with Crippen molar-refractivity contribution in [3.63, 3.8) is 0 Å². The van der Waals surface area contributed by atoms with E-state index in [0.29, 0.717) is 5.92 Å². The molecule has 1 fully saturated rings. The molecule has 1 aromatic carbocycles. The molecule has 0 saturated heterocycles. The van der Waals surface area contributed by atoms with Crippen molar-refractivity contribution < 1.29 is 27.5 Å². The van der Waals surface area contributed by atoms with Crippen molar-refractivity contribution >= 4 is 6.03 Å². The molecular formula is C20H23F3N2O3. The summed E-state index contributed by atoms with van der Waals surface area (Å²) in [5.74, 6) is 0.00437. The van der Waals surface area contributed by atoms with Gasteiger partial charge in [-0.15, -0.1) is 0 Å². The fourth-order valence-corrected chi connectivity index (χ4v) is 3.17. The summed E-state index contributed by atoms with van der Waals surface area (Å²) < 4.78 is 45.3. The van der Waals surface area contributed by atoms with Crippen LogP contribution in [0.15, 0.2) is 46.9 Å². The van der Waals surface area contributed by atoms with Crippen LogP contribution in [0.5, 0.6) is 0 Å². The SMILES string of the molecule is Cc1ccc([C@](O)(CCNC(=O)N[C@H](c2ccccc2)C2CC2)C(F)(F)F)o1. The first-order valence-corrected chi connectivity index (χ1v) is 9.16. The zero-order valence-electron chi connectivity index (χ0n) is 15.4. The molecule has 0 bridgehead atoms. The predicted molar refractivity (Wildman–Crippen MR) is 96.5 cm³/mol. The Hall–Kier alpha value is -2.48. The summed E-state index contributed by atoms with van der Waals surface area (Å²) in [4.78, 5) is 12.2. The number of halogens is 3. The van der Waals surface area contributed by atoms with E-state index in [1.54, 1.807) is 0 Å². The van der Waals surface area contributed by atoms with Crippen molar-refractivity contribution in [2.45, 2.75) is 44.0 Å². The maximum absolute atomic E-state index is 13.4.